The summed E-state index contributed by atoms with van der Waals surface area (Å²) < 4.78 is 2.50. The van der Waals surface area contributed by atoms with Crippen LogP contribution < -0.4 is 4.90 Å². The molecule has 2 aliphatic heterocycles. The van der Waals surface area contributed by atoms with E-state index in [9.17, 15) is 0 Å². The maximum atomic E-state index is 2.56. The highest BCUT2D eigenvalue weighted by molar-refractivity contribution is 5.99. The van der Waals surface area contributed by atoms with Gasteiger partial charge in [0.15, 0.2) is 0 Å². The summed E-state index contributed by atoms with van der Waals surface area (Å²) in [7, 11) is 0. The van der Waals surface area contributed by atoms with Crippen molar-refractivity contribution in [3.8, 4) is 5.69 Å². The summed E-state index contributed by atoms with van der Waals surface area (Å²) in [6, 6.07) is 35.6. The van der Waals surface area contributed by atoms with Crippen molar-refractivity contribution in [1.29, 1.82) is 0 Å². The molecule has 33 heavy (non-hydrogen) atoms. The molecule has 1 unspecified atom stereocenters. The summed E-state index contributed by atoms with van der Waals surface area (Å²) in [5, 5.41) is 1.33. The molecule has 0 aliphatic carbocycles. The number of benzene rings is 4. The van der Waals surface area contributed by atoms with Gasteiger partial charge in [-0.15, -0.1) is 0 Å². The largest absolute Gasteiger partial charge is 0.326 e. The van der Waals surface area contributed by atoms with Crippen LogP contribution in [-0.4, -0.2) is 4.57 Å². The number of hydrogen-bond donors (Lipinski definition) is 0. The number of aromatic nitrogens is 1. The Morgan fingerprint density at radius 1 is 0.667 bits per heavy atom. The third-order valence-electron chi connectivity index (χ3n) is 7.26. The number of aryl methyl sites for hydroxylation is 2. The van der Waals surface area contributed by atoms with Crippen molar-refractivity contribution in [3.63, 3.8) is 0 Å². The standard InChI is InChI=1S/C31H24N2/c1-20-15-17-22(18-16-20)29-19-23-9-3-4-11-25(23)31-30-21(2)24-10-5-6-12-26(24)32(30)27-13-7-8-14-28(27)33(29)31/h3-19,31H,1-2H3. The van der Waals surface area contributed by atoms with Gasteiger partial charge in [0.25, 0.3) is 0 Å². The van der Waals surface area contributed by atoms with Gasteiger partial charge in [-0.2, -0.15) is 0 Å². The molecule has 0 amide bonds. The van der Waals surface area contributed by atoms with Crippen LogP contribution in [0.25, 0.3) is 28.4 Å². The Labute approximate surface area is 194 Å². The highest BCUT2D eigenvalue weighted by Gasteiger charge is 2.40. The SMILES string of the molecule is Cc1ccc(C2=Cc3ccccc3C3c4c(C)c5ccccc5n4-c4ccccc4N23)cc1. The maximum Gasteiger partial charge on any atom is 0.101 e. The number of para-hydroxylation sites is 3. The Morgan fingerprint density at radius 2 is 1.36 bits per heavy atom. The number of rotatable bonds is 1. The van der Waals surface area contributed by atoms with E-state index in [1.807, 2.05) is 0 Å². The van der Waals surface area contributed by atoms with Gasteiger partial charge in [-0.3, -0.25) is 0 Å². The molecule has 0 fully saturated rings. The summed E-state index contributed by atoms with van der Waals surface area (Å²) in [6.45, 7) is 4.43. The fourth-order valence-corrected chi connectivity index (χ4v) is 5.74. The Balaban J connectivity index is 1.62. The smallest absolute Gasteiger partial charge is 0.101 e. The first-order valence-electron chi connectivity index (χ1n) is 11.6. The lowest BCUT2D eigenvalue weighted by Crippen LogP contribution is -2.36. The minimum Gasteiger partial charge on any atom is -0.326 e. The van der Waals surface area contributed by atoms with E-state index in [1.54, 1.807) is 0 Å². The summed E-state index contributed by atoms with van der Waals surface area (Å²) in [5.74, 6) is 0. The van der Waals surface area contributed by atoms with Crippen LogP contribution in [0.3, 0.4) is 0 Å². The summed E-state index contributed by atoms with van der Waals surface area (Å²) in [4.78, 5) is 2.56. The van der Waals surface area contributed by atoms with E-state index in [0.29, 0.717) is 0 Å². The molecule has 2 heteroatoms. The summed E-state index contributed by atoms with van der Waals surface area (Å²) in [6.07, 6.45) is 2.36. The monoisotopic (exact) mass is 424 g/mol. The molecule has 3 heterocycles. The van der Waals surface area contributed by atoms with Crippen molar-refractivity contribution in [1.82, 2.24) is 4.57 Å². The van der Waals surface area contributed by atoms with Crippen LogP contribution in [-0.2, 0) is 0 Å². The average Bonchev–Trinajstić information content (AvgIpc) is 3.17. The van der Waals surface area contributed by atoms with Crippen molar-refractivity contribution in [2.45, 2.75) is 19.9 Å². The second-order valence-electron chi connectivity index (χ2n) is 9.15. The minimum absolute atomic E-state index is 0.116. The molecular formula is C31H24N2. The average molecular weight is 425 g/mol. The van der Waals surface area contributed by atoms with Crippen LogP contribution >= 0.6 is 0 Å². The second-order valence-corrected chi connectivity index (χ2v) is 9.15. The predicted molar refractivity (Wildman–Crippen MR) is 138 cm³/mol. The van der Waals surface area contributed by atoms with Crippen molar-refractivity contribution in [3.05, 3.63) is 131 Å². The van der Waals surface area contributed by atoms with Gasteiger partial charge >= 0.3 is 0 Å². The molecular weight excluding hydrogens is 400 g/mol. The van der Waals surface area contributed by atoms with Crippen molar-refractivity contribution in [2.24, 2.45) is 0 Å². The first kappa shape index (κ1) is 18.5. The van der Waals surface area contributed by atoms with Gasteiger partial charge in [-0.05, 0) is 60.4 Å². The summed E-state index contributed by atoms with van der Waals surface area (Å²) in [5.41, 5.74) is 12.9. The number of hydrogen-bond acceptors (Lipinski definition) is 1. The molecule has 0 radical (unpaired) electrons. The number of fused-ring (bicyclic) bond motifs is 10. The molecule has 2 aliphatic rings. The zero-order valence-corrected chi connectivity index (χ0v) is 18.8. The van der Waals surface area contributed by atoms with Crippen molar-refractivity contribution >= 4 is 28.4 Å². The molecule has 0 bridgehead atoms. The highest BCUT2D eigenvalue weighted by atomic mass is 15.3. The van der Waals surface area contributed by atoms with E-state index in [1.165, 1.54) is 61.5 Å². The predicted octanol–water partition coefficient (Wildman–Crippen LogP) is 7.67. The Hall–Kier alpha value is -4.04. The fraction of sp³-hybridized carbons (Fsp3) is 0.0968. The lowest BCUT2D eigenvalue weighted by Gasteiger charge is -2.44. The third-order valence-corrected chi connectivity index (χ3v) is 7.26. The molecule has 0 saturated carbocycles. The number of nitrogens with zero attached hydrogens (tertiary/aromatic N) is 2. The van der Waals surface area contributed by atoms with Crippen molar-refractivity contribution < 1.29 is 0 Å². The van der Waals surface area contributed by atoms with E-state index in [4.69, 9.17) is 0 Å². The van der Waals surface area contributed by atoms with Gasteiger partial charge in [-0.1, -0.05) is 84.4 Å². The molecule has 7 rings (SSSR count). The van der Waals surface area contributed by atoms with E-state index >= 15 is 0 Å². The van der Waals surface area contributed by atoms with E-state index in [2.05, 4.69) is 126 Å². The zero-order chi connectivity index (χ0) is 22.1. The van der Waals surface area contributed by atoms with Crippen LogP contribution in [0.5, 0.6) is 0 Å². The normalized spacial score (nSPS) is 16.0. The maximum absolute atomic E-state index is 2.56. The quantitative estimate of drug-likeness (QED) is 0.268. The van der Waals surface area contributed by atoms with Crippen molar-refractivity contribution in [2.75, 3.05) is 4.90 Å². The van der Waals surface area contributed by atoms with Crippen LogP contribution in [0.15, 0.2) is 97.1 Å². The lowest BCUT2D eigenvalue weighted by molar-refractivity contribution is 0.729. The molecule has 1 atom stereocenters. The molecule has 5 aromatic rings. The van der Waals surface area contributed by atoms with Gasteiger partial charge in [0, 0.05) is 5.39 Å². The Bertz CT molecular complexity index is 1580. The van der Waals surface area contributed by atoms with Crippen LogP contribution in [0, 0.1) is 13.8 Å². The molecule has 2 nitrogen and oxygen atoms in total. The Morgan fingerprint density at radius 3 is 2.21 bits per heavy atom. The zero-order valence-electron chi connectivity index (χ0n) is 18.8. The van der Waals surface area contributed by atoms with E-state index < -0.39 is 0 Å². The molecule has 0 saturated heterocycles. The first-order chi connectivity index (χ1) is 16.2. The van der Waals surface area contributed by atoms with E-state index in [-0.39, 0.29) is 6.04 Å². The molecule has 158 valence electrons. The van der Waals surface area contributed by atoms with Gasteiger partial charge in [0.1, 0.15) is 6.04 Å². The topological polar surface area (TPSA) is 8.17 Å². The highest BCUT2D eigenvalue weighted by Crippen LogP contribution is 2.52. The Kier molecular flexibility index (Phi) is 3.78. The van der Waals surface area contributed by atoms with Crippen LogP contribution in [0.4, 0.5) is 5.69 Å². The lowest BCUT2D eigenvalue weighted by atomic mass is 9.86. The van der Waals surface area contributed by atoms with E-state index in [0.717, 1.165) is 0 Å². The second kappa shape index (κ2) is 6.73. The molecule has 4 aromatic carbocycles. The number of anilines is 1. The molecule has 1 aromatic heterocycles. The molecule has 0 N–H and O–H groups in total. The van der Waals surface area contributed by atoms with Gasteiger partial charge < -0.3 is 9.47 Å². The van der Waals surface area contributed by atoms with Gasteiger partial charge in [-0.25, -0.2) is 0 Å². The molecule has 0 spiro atoms. The minimum atomic E-state index is 0.116. The first-order valence-corrected chi connectivity index (χ1v) is 11.6. The van der Waals surface area contributed by atoms with Gasteiger partial charge in [0.05, 0.1) is 28.3 Å². The van der Waals surface area contributed by atoms with Gasteiger partial charge in [0.2, 0.25) is 0 Å². The van der Waals surface area contributed by atoms with Crippen LogP contribution in [0.2, 0.25) is 0 Å². The summed E-state index contributed by atoms with van der Waals surface area (Å²) >= 11 is 0. The third kappa shape index (κ3) is 2.49. The van der Waals surface area contributed by atoms with Crippen LogP contribution in [0.1, 0.15) is 39.6 Å². The fourth-order valence-electron chi connectivity index (χ4n) is 5.74.